The van der Waals surface area contributed by atoms with Crippen molar-refractivity contribution in [3.63, 3.8) is 0 Å². The van der Waals surface area contributed by atoms with Crippen molar-refractivity contribution in [3.05, 3.63) is 212 Å². The van der Waals surface area contributed by atoms with E-state index in [1.165, 1.54) is 38.9 Å². The summed E-state index contributed by atoms with van der Waals surface area (Å²) in [5.74, 6) is -0.479. The molecule has 0 saturated carbocycles. The molecule has 2 atom stereocenters. The fourth-order valence-corrected chi connectivity index (χ4v) is 14.8. The largest absolute Gasteiger partial charge is 0.511 e. The molecule has 87 heavy (non-hydrogen) atoms. The normalized spacial score (nSPS) is 17.7. The summed E-state index contributed by atoms with van der Waals surface area (Å²) >= 11 is 0. The fraction of sp³-hybridized carbons (Fsp3) is 0.425. The second-order valence-corrected chi connectivity index (χ2v) is 25.9. The lowest BCUT2D eigenvalue weighted by molar-refractivity contribution is -0.127. The zero-order valence-corrected chi connectivity index (χ0v) is 53.9. The first-order chi connectivity index (χ1) is 42.5. The summed E-state index contributed by atoms with van der Waals surface area (Å²) in [5.41, 5.74) is 12.4. The van der Waals surface area contributed by atoms with Crippen molar-refractivity contribution in [3.8, 4) is 11.1 Å². The van der Waals surface area contributed by atoms with Crippen LogP contribution in [0.25, 0.3) is 32.7 Å². The molecule has 0 aliphatic carbocycles. The summed E-state index contributed by atoms with van der Waals surface area (Å²) in [4.78, 5) is 40.4. The molecule has 3 aliphatic rings. The van der Waals surface area contributed by atoms with Crippen LogP contribution >= 0.6 is 0 Å². The molecule has 7 heteroatoms. The summed E-state index contributed by atoms with van der Waals surface area (Å²) in [6, 6.07) is 53.5. The van der Waals surface area contributed by atoms with Crippen LogP contribution in [0.4, 0.5) is 11.4 Å². The van der Waals surface area contributed by atoms with Crippen molar-refractivity contribution >= 4 is 51.6 Å². The minimum Gasteiger partial charge on any atom is -0.511 e. The first-order valence-corrected chi connectivity index (χ1v) is 34.3. The predicted molar refractivity (Wildman–Crippen MR) is 366 cm³/mol. The summed E-state index contributed by atoms with van der Waals surface area (Å²) < 4.78 is 17.4. The first-order valence-electron chi connectivity index (χ1n) is 34.3. The van der Waals surface area contributed by atoms with Gasteiger partial charge in [-0.25, -0.2) is 0 Å². The summed E-state index contributed by atoms with van der Waals surface area (Å²) in [6.45, 7) is 14.7. The molecule has 0 radical (unpaired) electrons. The van der Waals surface area contributed by atoms with Gasteiger partial charge in [-0.3, -0.25) is 9.59 Å². The third-order valence-corrected chi connectivity index (χ3v) is 19.4. The number of carbonyl (C=O) groups excluding carboxylic acids is 2. The van der Waals surface area contributed by atoms with Gasteiger partial charge in [-0.2, -0.15) is 0 Å². The van der Waals surface area contributed by atoms with E-state index in [1.807, 2.05) is 9.62 Å². The molecule has 0 N–H and O–H groups in total. The number of hydrogen-bond acceptors (Lipinski definition) is 4. The smallest absolute Gasteiger partial charge is 0.472 e. The molecular weight excluding hydrogens is 1060 g/mol. The Morgan fingerprint density at radius 2 is 0.678 bits per heavy atom. The topological polar surface area (TPSA) is 59.1 Å². The Balaban J connectivity index is 1.33. The van der Waals surface area contributed by atoms with Crippen LogP contribution in [0.2, 0.25) is 0 Å². The van der Waals surface area contributed by atoms with E-state index in [4.69, 9.17) is 9.31 Å². The van der Waals surface area contributed by atoms with Gasteiger partial charge in [-0.1, -0.05) is 240 Å². The van der Waals surface area contributed by atoms with Gasteiger partial charge in [0, 0.05) is 22.5 Å². The average molecular weight is 1160 g/mol. The van der Waals surface area contributed by atoms with E-state index >= 15 is 9.59 Å². The molecule has 11 rings (SSSR count). The highest BCUT2D eigenvalue weighted by atomic mass is 16.7. The molecule has 2 amide bonds. The lowest BCUT2D eigenvalue weighted by Crippen LogP contribution is -2.64. The van der Waals surface area contributed by atoms with Gasteiger partial charge in [0.1, 0.15) is 0 Å². The van der Waals surface area contributed by atoms with Gasteiger partial charge in [0.15, 0.2) is 11.2 Å². The highest BCUT2D eigenvalue weighted by molar-refractivity contribution is 6.87. The molecule has 0 aromatic heterocycles. The molecule has 8 aromatic carbocycles. The number of aryl methyl sites for hydroxylation is 8. The van der Waals surface area contributed by atoms with Gasteiger partial charge in [-0.15, -0.1) is 0 Å². The monoisotopic (exact) mass is 1160 g/mol. The highest BCUT2D eigenvalue weighted by Crippen LogP contribution is 2.62. The van der Waals surface area contributed by atoms with Crippen LogP contribution in [-0.4, -0.2) is 18.6 Å². The molecule has 1 spiro atoms. The van der Waals surface area contributed by atoms with E-state index in [9.17, 15) is 0 Å². The maximum Gasteiger partial charge on any atom is 0.472 e. The number of rotatable bonds is 28. The Kier molecular flexibility index (Phi) is 19.4. The van der Waals surface area contributed by atoms with Crippen molar-refractivity contribution in [2.75, 3.05) is 9.62 Å². The van der Waals surface area contributed by atoms with E-state index in [2.05, 4.69) is 201 Å². The molecule has 6 nitrogen and oxygen atoms in total. The Hall–Kier alpha value is -6.80. The standard InChI is InChI=1S/C80H96BN2O4/c1-9-17-29-57-41-44-72(66(50-57)36-24-16-8)80(69-55-62(34-22-14-6)49-63(56-69)35-23-15-7)78(85)83-74-46-43-65-38-26-28-40-71(65)76(74)75-70-39-27-25-37-64(70)42-45-73(75)82-77(84)79(86-81(82,83)87-80,67-51-58(30-18-10-2)47-59(52-67)31-19-11-3)68-53-60(32-20-12-4)48-61(54-68)33-21-13-5/h25-28,37-56H,9-24,29-36H2,1-8H3/q-1/t80?,81-/m0/s1. The molecule has 1 unspecified atom stereocenters. The number of amides is 2. The molecule has 2 fully saturated rings. The van der Waals surface area contributed by atoms with E-state index in [0.717, 1.165) is 215 Å². The Bertz CT molecular complexity index is 3630. The number of fused-ring (bicyclic) bond motifs is 9. The Morgan fingerprint density at radius 1 is 0.345 bits per heavy atom. The highest BCUT2D eigenvalue weighted by Gasteiger charge is 2.72. The minimum absolute atomic E-state index is 0.237. The van der Waals surface area contributed by atoms with Crippen molar-refractivity contribution in [2.45, 2.75) is 221 Å². The zero-order chi connectivity index (χ0) is 60.7. The number of carbonyl (C=O) groups is 2. The van der Waals surface area contributed by atoms with Crippen molar-refractivity contribution in [1.29, 1.82) is 0 Å². The van der Waals surface area contributed by atoms with Gasteiger partial charge in [0.2, 0.25) is 11.8 Å². The van der Waals surface area contributed by atoms with Crippen molar-refractivity contribution in [1.82, 2.24) is 0 Å². The maximum atomic E-state index is 18.3. The van der Waals surface area contributed by atoms with Gasteiger partial charge in [0.05, 0.1) is 0 Å². The molecule has 3 aliphatic heterocycles. The lowest BCUT2D eigenvalue weighted by Gasteiger charge is -2.46. The molecular formula is C80H96BN2O4-. The molecule has 0 bridgehead atoms. The van der Waals surface area contributed by atoms with Gasteiger partial charge >= 0.3 is 6.82 Å². The van der Waals surface area contributed by atoms with E-state index in [-0.39, 0.29) is 11.8 Å². The molecule has 454 valence electrons. The Labute approximate surface area is 521 Å². The van der Waals surface area contributed by atoms with E-state index in [1.54, 1.807) is 0 Å². The van der Waals surface area contributed by atoms with Crippen LogP contribution in [0.5, 0.6) is 0 Å². The van der Waals surface area contributed by atoms with Gasteiger partial charge in [-0.05, 0) is 203 Å². The first kappa shape index (κ1) is 61.8. The summed E-state index contributed by atoms with van der Waals surface area (Å²) in [7, 11) is 0. The van der Waals surface area contributed by atoms with Crippen molar-refractivity contribution in [2.24, 2.45) is 0 Å². The summed E-state index contributed by atoms with van der Waals surface area (Å²) in [6.07, 6.45) is 23.4. The van der Waals surface area contributed by atoms with Crippen LogP contribution in [0.15, 0.2) is 146 Å². The minimum atomic E-state index is -3.39. The van der Waals surface area contributed by atoms with Crippen LogP contribution in [0.1, 0.15) is 225 Å². The lowest BCUT2D eigenvalue weighted by atomic mass is 9.79. The summed E-state index contributed by atoms with van der Waals surface area (Å²) in [5, 5.41) is 4.06. The molecule has 8 aromatic rings. The maximum absolute atomic E-state index is 18.3. The Morgan fingerprint density at radius 3 is 1.07 bits per heavy atom. The van der Waals surface area contributed by atoms with Gasteiger partial charge < -0.3 is 18.9 Å². The van der Waals surface area contributed by atoms with Crippen molar-refractivity contribution < 1.29 is 18.9 Å². The number of nitrogens with zero attached hydrogens (tertiary/aromatic N) is 2. The second-order valence-electron chi connectivity index (χ2n) is 25.9. The zero-order valence-electron chi connectivity index (χ0n) is 53.9. The predicted octanol–water partition coefficient (Wildman–Crippen LogP) is 20.5. The van der Waals surface area contributed by atoms with Gasteiger partial charge in [0.25, 0.3) is 0 Å². The third-order valence-electron chi connectivity index (χ3n) is 19.4. The van der Waals surface area contributed by atoms with E-state index < -0.39 is 18.0 Å². The second kappa shape index (κ2) is 27.3. The average Bonchev–Trinajstić information content (AvgIpc) is 1.49. The van der Waals surface area contributed by atoms with Crippen LogP contribution in [0, 0.1) is 0 Å². The third kappa shape index (κ3) is 11.5. The molecule has 2 saturated heterocycles. The molecule has 3 heterocycles. The quantitative estimate of drug-likeness (QED) is 0.0459. The van der Waals surface area contributed by atoms with Crippen LogP contribution < -0.4 is 9.62 Å². The fourth-order valence-electron chi connectivity index (χ4n) is 14.8. The number of hydrogen-bond donors (Lipinski definition) is 0. The van der Waals surface area contributed by atoms with Crippen LogP contribution in [-0.2, 0) is 81.5 Å². The number of unbranched alkanes of at least 4 members (excludes halogenated alkanes) is 8. The number of benzene rings is 8. The SMILES string of the molecule is CCCCc1cc(CCCC)cc(C2(c3cc(CCCC)cc(CCCC)c3)O[B@@-]34OC(c5cc(CCCC)cc(CCCC)c5)(c5ccc(CCCC)cc5CCCC)C(=O)N3c3ccc5ccccc5c3-c3c(ccc5ccccc35)N4C2=O)c1. The number of anilines is 2. The van der Waals surface area contributed by atoms with Crippen LogP contribution in [0.3, 0.4) is 0 Å². The van der Waals surface area contributed by atoms with E-state index in [0.29, 0.717) is 11.4 Å².